The Kier molecular flexibility index (Phi) is 7.80. The summed E-state index contributed by atoms with van der Waals surface area (Å²) in [7, 11) is 0. The molecule has 2 N–H and O–H groups in total. The number of aryl methyl sites for hydroxylation is 1. The number of benzene rings is 2. The molecule has 6 rings (SSSR count). The average molecular weight is 554 g/mol. The number of hydrogen-bond acceptors (Lipinski definition) is 7. The molecule has 2 aliphatic rings. The van der Waals surface area contributed by atoms with Crippen molar-refractivity contribution in [3.05, 3.63) is 71.2 Å². The molecular weight excluding hydrogens is 518 g/mol. The topological polar surface area (TPSA) is 79.4 Å². The molecule has 1 aliphatic carbocycles. The van der Waals surface area contributed by atoms with Crippen LogP contribution in [0.25, 0.3) is 21.7 Å². The summed E-state index contributed by atoms with van der Waals surface area (Å²) < 4.78 is 5.48. The minimum atomic E-state index is 0.0468. The molecule has 0 spiro atoms. The van der Waals surface area contributed by atoms with Gasteiger partial charge in [-0.25, -0.2) is 9.97 Å². The number of fused-ring (bicyclic) bond motifs is 1. The van der Waals surface area contributed by atoms with Crippen LogP contribution >= 0.6 is 11.3 Å². The maximum atomic E-state index is 12.4. The van der Waals surface area contributed by atoms with Gasteiger partial charge in [-0.2, -0.15) is 0 Å². The first-order valence-corrected chi connectivity index (χ1v) is 14.9. The van der Waals surface area contributed by atoms with Crippen LogP contribution in [0.5, 0.6) is 0 Å². The van der Waals surface area contributed by atoms with Crippen LogP contribution in [0.2, 0.25) is 0 Å². The van der Waals surface area contributed by atoms with E-state index in [0.717, 1.165) is 61.8 Å². The van der Waals surface area contributed by atoms with E-state index in [1.807, 2.05) is 35.7 Å². The van der Waals surface area contributed by atoms with E-state index in [4.69, 9.17) is 9.72 Å². The standard InChI is InChI=1S/C32H35N5O2S/c1-21(2)19-29(38)34-24-6-3-5-22(20-24)31-30(26-7-4-8-28(26)40-31)27-13-14-33-32(36-27)35-23-9-11-25(12-10-23)37-15-17-39-18-16-37/h3,5-6,9-14,20-21H,4,7-8,15-19H2,1-2H3,(H,34,38)(H,33,35,36). The first kappa shape index (κ1) is 26.5. The minimum absolute atomic E-state index is 0.0468. The van der Waals surface area contributed by atoms with Crippen LogP contribution in [0, 0.1) is 5.92 Å². The van der Waals surface area contributed by atoms with Crippen LogP contribution < -0.4 is 15.5 Å². The van der Waals surface area contributed by atoms with E-state index in [9.17, 15) is 4.79 Å². The molecule has 0 atom stereocenters. The molecule has 40 heavy (non-hydrogen) atoms. The van der Waals surface area contributed by atoms with Crippen molar-refractivity contribution in [3.63, 3.8) is 0 Å². The fraction of sp³-hybridized carbons (Fsp3) is 0.344. The van der Waals surface area contributed by atoms with Gasteiger partial charge in [0.2, 0.25) is 11.9 Å². The van der Waals surface area contributed by atoms with Crippen molar-refractivity contribution in [2.75, 3.05) is 41.8 Å². The summed E-state index contributed by atoms with van der Waals surface area (Å²) in [4.78, 5) is 26.9. The number of thiophene rings is 1. The molecular formula is C32H35N5O2S. The lowest BCUT2D eigenvalue weighted by molar-refractivity contribution is -0.116. The van der Waals surface area contributed by atoms with Crippen molar-refractivity contribution in [2.24, 2.45) is 5.92 Å². The molecule has 3 heterocycles. The van der Waals surface area contributed by atoms with Gasteiger partial charge in [-0.1, -0.05) is 26.0 Å². The van der Waals surface area contributed by atoms with Gasteiger partial charge in [-0.3, -0.25) is 4.79 Å². The highest BCUT2D eigenvalue weighted by Crippen LogP contribution is 2.46. The number of nitrogens with zero attached hydrogens (tertiary/aromatic N) is 3. The number of carbonyl (C=O) groups is 1. The Morgan fingerprint density at radius 3 is 2.67 bits per heavy atom. The summed E-state index contributed by atoms with van der Waals surface area (Å²) in [6, 6.07) is 18.6. The van der Waals surface area contributed by atoms with Crippen molar-refractivity contribution in [3.8, 4) is 21.7 Å². The monoisotopic (exact) mass is 553 g/mol. The van der Waals surface area contributed by atoms with E-state index >= 15 is 0 Å². The third-order valence-corrected chi connectivity index (χ3v) is 8.68. The Bertz CT molecular complexity index is 1490. The Balaban J connectivity index is 1.27. The van der Waals surface area contributed by atoms with E-state index in [1.54, 1.807) is 0 Å². The minimum Gasteiger partial charge on any atom is -0.378 e. The normalized spacial score (nSPS) is 14.8. The summed E-state index contributed by atoms with van der Waals surface area (Å²) in [5, 5.41) is 6.47. The van der Waals surface area contributed by atoms with Gasteiger partial charge in [-0.05, 0) is 78.8 Å². The SMILES string of the molecule is CC(C)CC(=O)Nc1cccc(-c2sc3c(c2-c2ccnc(Nc4ccc(N5CCOCC5)cc4)n2)CCC3)c1. The van der Waals surface area contributed by atoms with Gasteiger partial charge in [0.15, 0.2) is 0 Å². The molecule has 0 bridgehead atoms. The zero-order valence-electron chi connectivity index (χ0n) is 23.1. The van der Waals surface area contributed by atoms with Gasteiger partial charge in [0, 0.05) is 58.1 Å². The number of ether oxygens (including phenoxy) is 1. The quantitative estimate of drug-likeness (QED) is 0.246. The van der Waals surface area contributed by atoms with Crippen LogP contribution in [-0.2, 0) is 22.4 Å². The zero-order chi connectivity index (χ0) is 27.5. The molecule has 0 unspecified atom stereocenters. The Morgan fingerprint density at radius 1 is 1.05 bits per heavy atom. The molecule has 7 nitrogen and oxygen atoms in total. The summed E-state index contributed by atoms with van der Waals surface area (Å²) in [5.41, 5.74) is 7.59. The first-order valence-electron chi connectivity index (χ1n) is 14.1. The number of rotatable bonds is 8. The first-order chi connectivity index (χ1) is 19.5. The van der Waals surface area contributed by atoms with Crippen LogP contribution in [0.15, 0.2) is 60.8 Å². The van der Waals surface area contributed by atoms with Crippen molar-refractivity contribution in [2.45, 2.75) is 39.5 Å². The lowest BCUT2D eigenvalue weighted by atomic mass is 10.0. The summed E-state index contributed by atoms with van der Waals surface area (Å²) >= 11 is 1.85. The molecule has 206 valence electrons. The summed E-state index contributed by atoms with van der Waals surface area (Å²) in [6.45, 7) is 7.48. The maximum Gasteiger partial charge on any atom is 0.227 e. The van der Waals surface area contributed by atoms with Crippen molar-refractivity contribution < 1.29 is 9.53 Å². The van der Waals surface area contributed by atoms with Gasteiger partial charge in [0.05, 0.1) is 18.9 Å². The van der Waals surface area contributed by atoms with Gasteiger partial charge < -0.3 is 20.3 Å². The van der Waals surface area contributed by atoms with E-state index in [-0.39, 0.29) is 5.91 Å². The second-order valence-corrected chi connectivity index (χ2v) is 11.9. The van der Waals surface area contributed by atoms with Crippen LogP contribution in [-0.4, -0.2) is 42.2 Å². The Labute approximate surface area is 239 Å². The molecule has 1 saturated heterocycles. The molecule has 0 saturated carbocycles. The summed E-state index contributed by atoms with van der Waals surface area (Å²) in [5.74, 6) is 0.944. The number of nitrogens with one attached hydrogen (secondary N) is 2. The number of anilines is 4. The van der Waals surface area contributed by atoms with Gasteiger partial charge in [-0.15, -0.1) is 11.3 Å². The Hall–Kier alpha value is -3.75. The third-order valence-electron chi connectivity index (χ3n) is 7.33. The molecule has 0 radical (unpaired) electrons. The molecule has 1 amide bonds. The van der Waals surface area contributed by atoms with E-state index in [2.05, 4.69) is 70.8 Å². The molecule has 4 aromatic rings. The van der Waals surface area contributed by atoms with Crippen molar-refractivity contribution in [1.29, 1.82) is 0 Å². The lowest BCUT2D eigenvalue weighted by Crippen LogP contribution is -2.36. The van der Waals surface area contributed by atoms with E-state index < -0.39 is 0 Å². The third kappa shape index (κ3) is 5.88. The molecule has 1 fully saturated rings. The van der Waals surface area contributed by atoms with Crippen molar-refractivity contribution >= 4 is 40.3 Å². The predicted molar refractivity (Wildman–Crippen MR) is 164 cm³/mol. The number of hydrogen-bond donors (Lipinski definition) is 2. The highest BCUT2D eigenvalue weighted by atomic mass is 32.1. The smallest absolute Gasteiger partial charge is 0.227 e. The lowest BCUT2D eigenvalue weighted by Gasteiger charge is -2.28. The van der Waals surface area contributed by atoms with Gasteiger partial charge in [0.25, 0.3) is 0 Å². The molecule has 1 aliphatic heterocycles. The highest BCUT2D eigenvalue weighted by molar-refractivity contribution is 7.16. The van der Waals surface area contributed by atoms with E-state index in [0.29, 0.717) is 18.3 Å². The fourth-order valence-electron chi connectivity index (χ4n) is 5.46. The van der Waals surface area contributed by atoms with Gasteiger partial charge >= 0.3 is 0 Å². The number of carbonyl (C=O) groups excluding carboxylic acids is 1. The summed E-state index contributed by atoms with van der Waals surface area (Å²) in [6.07, 6.45) is 5.67. The highest BCUT2D eigenvalue weighted by Gasteiger charge is 2.25. The second-order valence-electron chi connectivity index (χ2n) is 10.8. The molecule has 8 heteroatoms. The Morgan fingerprint density at radius 2 is 1.88 bits per heavy atom. The number of morpholine rings is 1. The second kappa shape index (κ2) is 11.8. The van der Waals surface area contributed by atoms with Crippen LogP contribution in [0.1, 0.15) is 37.1 Å². The van der Waals surface area contributed by atoms with Crippen LogP contribution in [0.3, 0.4) is 0 Å². The maximum absolute atomic E-state index is 12.4. The predicted octanol–water partition coefficient (Wildman–Crippen LogP) is 6.93. The van der Waals surface area contributed by atoms with E-state index in [1.165, 1.54) is 33.0 Å². The molecule has 2 aromatic carbocycles. The fourth-order valence-corrected chi connectivity index (χ4v) is 6.86. The molecule has 2 aromatic heterocycles. The number of aromatic nitrogens is 2. The zero-order valence-corrected chi connectivity index (χ0v) is 23.9. The van der Waals surface area contributed by atoms with Gasteiger partial charge in [0.1, 0.15) is 0 Å². The van der Waals surface area contributed by atoms with Crippen molar-refractivity contribution in [1.82, 2.24) is 9.97 Å². The largest absolute Gasteiger partial charge is 0.378 e. The average Bonchev–Trinajstić information content (AvgIpc) is 3.56. The number of amides is 1. The van der Waals surface area contributed by atoms with Crippen LogP contribution in [0.4, 0.5) is 23.0 Å².